The number of hydrogen-bond donors (Lipinski definition) is 1. The lowest BCUT2D eigenvalue weighted by Gasteiger charge is -2.35. The highest BCUT2D eigenvalue weighted by Gasteiger charge is 2.71. The molecule has 8 nitrogen and oxygen atoms in total. The third-order valence-corrected chi connectivity index (χ3v) is 8.33. The van der Waals surface area contributed by atoms with Crippen LogP contribution in [0.15, 0.2) is 85.0 Å². The summed E-state index contributed by atoms with van der Waals surface area (Å²) in [5, 5.41) is 9.39. The van der Waals surface area contributed by atoms with Crippen LogP contribution < -0.4 is 4.90 Å². The molecule has 4 aliphatic heterocycles. The fourth-order valence-electron chi connectivity index (χ4n) is 6.60. The lowest BCUT2D eigenvalue weighted by Crippen LogP contribution is -2.55. The Bertz CT molecular complexity index is 1300. The van der Waals surface area contributed by atoms with Crippen molar-refractivity contribution in [3.63, 3.8) is 0 Å². The fourth-order valence-corrected chi connectivity index (χ4v) is 6.60. The van der Waals surface area contributed by atoms with Crippen LogP contribution in [0, 0.1) is 11.8 Å². The Morgan fingerprint density at radius 1 is 0.872 bits per heavy atom. The van der Waals surface area contributed by atoms with Gasteiger partial charge in [-0.2, -0.15) is 0 Å². The molecule has 0 radical (unpaired) electrons. The van der Waals surface area contributed by atoms with Crippen LogP contribution >= 0.6 is 0 Å². The van der Waals surface area contributed by atoms with Gasteiger partial charge in [0.2, 0.25) is 17.7 Å². The van der Waals surface area contributed by atoms with Crippen LogP contribution in [0.2, 0.25) is 0 Å². The van der Waals surface area contributed by atoms with Gasteiger partial charge in [-0.3, -0.25) is 14.4 Å². The standard InChI is InChI=1S/C31H33N3O5/c35-20-8-7-18-34-27-30(38)32(21-22-11-3-1-4-12-22)17-10-16-31(27)26(29(34)37)25-24(39-31)15-9-19-33(28(25)36)23-13-5-2-6-14-23/h1-6,9-16,24-27,35H,7-8,17-21H2/t24-,25+,26+,27?,31+/m1/s1. The SMILES string of the molecule is O=C1C2N(CCCCO)C(=O)[C@@H]3[C@H]4C(=O)N(c5ccccc5)CC=C[C@H]4O[C@]23C=CCN1Cc1ccccc1. The van der Waals surface area contributed by atoms with Gasteiger partial charge in [0.25, 0.3) is 0 Å². The van der Waals surface area contributed by atoms with Gasteiger partial charge >= 0.3 is 0 Å². The summed E-state index contributed by atoms with van der Waals surface area (Å²) in [6.07, 6.45) is 8.03. The molecule has 4 aliphatic rings. The van der Waals surface area contributed by atoms with Crippen LogP contribution in [0.3, 0.4) is 0 Å². The van der Waals surface area contributed by atoms with E-state index in [2.05, 4.69) is 0 Å². The molecule has 2 fully saturated rings. The van der Waals surface area contributed by atoms with Crippen molar-refractivity contribution in [3.05, 3.63) is 90.5 Å². The summed E-state index contributed by atoms with van der Waals surface area (Å²) in [5.41, 5.74) is 0.516. The molecule has 0 aromatic heterocycles. The molecule has 202 valence electrons. The zero-order valence-corrected chi connectivity index (χ0v) is 21.8. The predicted molar refractivity (Wildman–Crippen MR) is 145 cm³/mol. The Balaban J connectivity index is 1.39. The van der Waals surface area contributed by atoms with E-state index in [1.54, 1.807) is 14.7 Å². The van der Waals surface area contributed by atoms with Crippen molar-refractivity contribution >= 4 is 23.4 Å². The Hall–Kier alpha value is -3.75. The maximum absolute atomic E-state index is 14.2. The first-order valence-electron chi connectivity index (χ1n) is 13.7. The first-order chi connectivity index (χ1) is 19.0. The van der Waals surface area contributed by atoms with Gasteiger partial charge in [0, 0.05) is 38.5 Å². The van der Waals surface area contributed by atoms with Crippen LogP contribution in [0.1, 0.15) is 18.4 Å². The first-order valence-corrected chi connectivity index (χ1v) is 13.7. The van der Waals surface area contributed by atoms with Crippen LogP contribution in [-0.4, -0.2) is 76.6 Å². The molecular formula is C31H33N3O5. The average Bonchev–Trinajstić information content (AvgIpc) is 3.27. The van der Waals surface area contributed by atoms with Crippen molar-refractivity contribution < 1.29 is 24.2 Å². The summed E-state index contributed by atoms with van der Waals surface area (Å²) in [6.45, 7) is 1.50. The number of anilines is 1. The molecule has 1 unspecified atom stereocenters. The van der Waals surface area contributed by atoms with Crippen molar-refractivity contribution in [3.8, 4) is 0 Å². The molecule has 3 amide bonds. The number of unbranched alkanes of at least 4 members (excludes halogenated alkanes) is 1. The van der Waals surface area contributed by atoms with Gasteiger partial charge in [-0.05, 0) is 30.5 Å². The van der Waals surface area contributed by atoms with E-state index < -0.39 is 29.6 Å². The molecule has 1 N–H and O–H groups in total. The lowest BCUT2D eigenvalue weighted by atomic mass is 9.77. The fraction of sp³-hybridized carbons (Fsp3) is 0.387. The largest absolute Gasteiger partial charge is 0.396 e. The quantitative estimate of drug-likeness (QED) is 0.442. The molecular weight excluding hydrogens is 494 g/mol. The topological polar surface area (TPSA) is 90.4 Å². The van der Waals surface area contributed by atoms with E-state index >= 15 is 0 Å². The second kappa shape index (κ2) is 10.4. The molecule has 0 aliphatic carbocycles. The Kier molecular flexibility index (Phi) is 6.83. The van der Waals surface area contributed by atoms with E-state index in [0.29, 0.717) is 39.0 Å². The minimum atomic E-state index is -1.24. The average molecular weight is 528 g/mol. The normalized spacial score (nSPS) is 29.8. The van der Waals surface area contributed by atoms with Gasteiger partial charge in [0.15, 0.2) is 0 Å². The number of fused-ring (bicyclic) bond motifs is 2. The van der Waals surface area contributed by atoms with Crippen LogP contribution in [0.25, 0.3) is 0 Å². The number of amides is 3. The molecule has 0 saturated carbocycles. The molecule has 39 heavy (non-hydrogen) atoms. The van der Waals surface area contributed by atoms with Gasteiger partial charge in [-0.25, -0.2) is 0 Å². The molecule has 1 spiro atoms. The molecule has 2 saturated heterocycles. The van der Waals surface area contributed by atoms with Crippen molar-refractivity contribution in [2.75, 3.05) is 31.1 Å². The maximum Gasteiger partial charge on any atom is 0.249 e. The molecule has 2 aromatic rings. The Labute approximate surface area is 228 Å². The first kappa shape index (κ1) is 25.5. The van der Waals surface area contributed by atoms with Crippen LogP contribution in [0.5, 0.6) is 0 Å². The lowest BCUT2D eigenvalue weighted by molar-refractivity contribution is -0.147. The third kappa shape index (κ3) is 4.28. The van der Waals surface area contributed by atoms with Gasteiger partial charge in [-0.1, -0.05) is 72.8 Å². The zero-order valence-electron chi connectivity index (χ0n) is 21.8. The zero-order chi connectivity index (χ0) is 27.0. The number of aliphatic hydroxyl groups excluding tert-OH is 1. The highest BCUT2D eigenvalue weighted by Crippen LogP contribution is 2.53. The Morgan fingerprint density at radius 3 is 2.36 bits per heavy atom. The second-order valence-corrected chi connectivity index (χ2v) is 10.6. The summed E-state index contributed by atoms with van der Waals surface area (Å²) in [6, 6.07) is 18.3. The van der Waals surface area contributed by atoms with Crippen molar-refractivity contribution in [1.82, 2.24) is 9.80 Å². The number of nitrogens with zero attached hydrogens (tertiary/aromatic N) is 3. The number of carbonyl (C=O) groups is 3. The highest BCUT2D eigenvalue weighted by molar-refractivity contribution is 6.03. The minimum absolute atomic E-state index is 0.00572. The summed E-state index contributed by atoms with van der Waals surface area (Å²) < 4.78 is 6.69. The monoisotopic (exact) mass is 527 g/mol. The van der Waals surface area contributed by atoms with E-state index in [1.807, 2.05) is 85.0 Å². The highest BCUT2D eigenvalue weighted by atomic mass is 16.5. The van der Waals surface area contributed by atoms with Gasteiger partial charge < -0.3 is 24.5 Å². The summed E-state index contributed by atoms with van der Waals surface area (Å²) in [4.78, 5) is 47.6. The number of carbonyl (C=O) groups excluding carboxylic acids is 3. The molecule has 6 rings (SSSR count). The number of ether oxygens (including phenoxy) is 1. The van der Waals surface area contributed by atoms with Crippen molar-refractivity contribution in [1.29, 1.82) is 0 Å². The van der Waals surface area contributed by atoms with Crippen LogP contribution in [-0.2, 0) is 25.7 Å². The minimum Gasteiger partial charge on any atom is -0.396 e. The number of para-hydroxylation sites is 1. The molecule has 5 atom stereocenters. The molecule has 2 aromatic carbocycles. The van der Waals surface area contributed by atoms with E-state index in [-0.39, 0.29) is 24.3 Å². The van der Waals surface area contributed by atoms with Crippen molar-refractivity contribution in [2.24, 2.45) is 11.8 Å². The smallest absolute Gasteiger partial charge is 0.249 e. The van der Waals surface area contributed by atoms with Gasteiger partial charge in [-0.15, -0.1) is 0 Å². The van der Waals surface area contributed by atoms with E-state index in [4.69, 9.17) is 4.74 Å². The third-order valence-electron chi connectivity index (χ3n) is 8.33. The summed E-state index contributed by atoms with van der Waals surface area (Å²) in [5.74, 6) is -2.16. The van der Waals surface area contributed by atoms with Crippen LogP contribution in [0.4, 0.5) is 5.69 Å². The van der Waals surface area contributed by atoms with E-state index in [0.717, 1.165) is 11.3 Å². The second-order valence-electron chi connectivity index (χ2n) is 10.6. The number of aliphatic hydroxyl groups is 1. The Morgan fingerprint density at radius 2 is 1.62 bits per heavy atom. The number of rotatable bonds is 7. The number of hydrogen-bond acceptors (Lipinski definition) is 5. The molecule has 4 heterocycles. The van der Waals surface area contributed by atoms with Gasteiger partial charge in [0.05, 0.1) is 17.9 Å². The summed E-state index contributed by atoms with van der Waals surface area (Å²) in [7, 11) is 0. The molecule has 8 heteroatoms. The van der Waals surface area contributed by atoms with Gasteiger partial charge in [0.1, 0.15) is 11.6 Å². The predicted octanol–water partition coefficient (Wildman–Crippen LogP) is 2.54. The number of benzene rings is 2. The van der Waals surface area contributed by atoms with E-state index in [9.17, 15) is 19.5 Å². The molecule has 0 bridgehead atoms. The summed E-state index contributed by atoms with van der Waals surface area (Å²) >= 11 is 0. The van der Waals surface area contributed by atoms with E-state index in [1.165, 1.54) is 0 Å². The maximum atomic E-state index is 14.2. The number of likely N-dealkylation sites (tertiary alicyclic amines) is 1. The van der Waals surface area contributed by atoms with Crippen molar-refractivity contribution in [2.45, 2.75) is 37.1 Å².